The number of nitriles is 1. The summed E-state index contributed by atoms with van der Waals surface area (Å²) < 4.78 is 14.0. The standard InChI is InChI=1S/C28H51NO3Si2/c1-15-22(30)28(20-29,19-18-21(2)3)27(10)23(31-33(11,12)25(4,5)6)16-17-24(27)32-34(13,14)26(7,8)9/h15-16,22,24,30H,1-2,17-19H2,3-14H3/t22-,24+,27+,28-/m0/s1. The van der Waals surface area contributed by atoms with Crippen molar-refractivity contribution in [2.45, 2.75) is 123 Å². The van der Waals surface area contributed by atoms with Gasteiger partial charge in [-0.2, -0.15) is 5.26 Å². The second-order valence-electron chi connectivity index (χ2n) is 13.5. The monoisotopic (exact) mass is 505 g/mol. The minimum Gasteiger partial charge on any atom is -0.546 e. The molecule has 4 atom stereocenters. The Hall–Kier alpha value is -1.14. The lowest BCUT2D eigenvalue weighted by Crippen LogP contribution is -2.57. The number of aliphatic hydroxyl groups excluding tert-OH is 1. The zero-order chi connectivity index (χ0) is 27.0. The summed E-state index contributed by atoms with van der Waals surface area (Å²) in [4.78, 5) is 0. The smallest absolute Gasteiger partial charge is 0.250 e. The number of aliphatic hydroxyl groups is 1. The molecular formula is C28H51NO3Si2. The molecule has 0 bridgehead atoms. The molecule has 34 heavy (non-hydrogen) atoms. The highest BCUT2D eigenvalue weighted by Crippen LogP contribution is 2.60. The average Bonchev–Trinajstić information content (AvgIpc) is 2.96. The number of allylic oxidation sites excluding steroid dienone is 1. The molecule has 4 nitrogen and oxygen atoms in total. The highest BCUT2D eigenvalue weighted by atomic mass is 28.4. The van der Waals surface area contributed by atoms with E-state index in [-0.39, 0.29) is 16.2 Å². The van der Waals surface area contributed by atoms with Gasteiger partial charge in [0.2, 0.25) is 8.32 Å². The maximum atomic E-state index is 11.4. The van der Waals surface area contributed by atoms with Gasteiger partial charge in [0.25, 0.3) is 0 Å². The van der Waals surface area contributed by atoms with Crippen LogP contribution < -0.4 is 0 Å². The van der Waals surface area contributed by atoms with E-state index in [9.17, 15) is 10.4 Å². The van der Waals surface area contributed by atoms with Crippen LogP contribution in [0.15, 0.2) is 36.6 Å². The summed E-state index contributed by atoms with van der Waals surface area (Å²) in [7, 11) is -4.39. The lowest BCUT2D eigenvalue weighted by atomic mass is 9.57. The number of hydrogen-bond donors (Lipinski definition) is 1. The molecule has 0 radical (unpaired) electrons. The van der Waals surface area contributed by atoms with Gasteiger partial charge in [0.05, 0.1) is 29.5 Å². The van der Waals surface area contributed by atoms with E-state index in [0.717, 1.165) is 11.3 Å². The molecule has 0 aromatic rings. The minimum absolute atomic E-state index is 0.00279. The first kappa shape index (κ1) is 30.9. The van der Waals surface area contributed by atoms with Crippen molar-refractivity contribution in [2.24, 2.45) is 10.8 Å². The Morgan fingerprint density at radius 3 is 2.09 bits per heavy atom. The maximum Gasteiger partial charge on any atom is 0.250 e. The van der Waals surface area contributed by atoms with Crippen molar-refractivity contribution >= 4 is 16.6 Å². The van der Waals surface area contributed by atoms with Crippen molar-refractivity contribution in [1.29, 1.82) is 5.26 Å². The van der Waals surface area contributed by atoms with Crippen LogP contribution in [0, 0.1) is 22.2 Å². The van der Waals surface area contributed by atoms with Gasteiger partial charge in [0.15, 0.2) is 8.32 Å². The van der Waals surface area contributed by atoms with Crippen LogP contribution in [0.4, 0.5) is 0 Å². The first-order valence-electron chi connectivity index (χ1n) is 12.6. The van der Waals surface area contributed by atoms with Crippen LogP contribution in [0.2, 0.25) is 36.3 Å². The first-order valence-corrected chi connectivity index (χ1v) is 18.4. The van der Waals surface area contributed by atoms with Crippen molar-refractivity contribution < 1.29 is 14.0 Å². The molecule has 0 amide bonds. The topological polar surface area (TPSA) is 62.5 Å². The van der Waals surface area contributed by atoms with Crippen LogP contribution in [-0.2, 0) is 8.85 Å². The van der Waals surface area contributed by atoms with Gasteiger partial charge in [0.1, 0.15) is 5.41 Å². The minimum atomic E-state index is -2.21. The van der Waals surface area contributed by atoms with E-state index in [2.05, 4.69) is 100.0 Å². The molecule has 0 spiro atoms. The Bertz CT molecular complexity index is 841. The third kappa shape index (κ3) is 5.64. The highest BCUT2D eigenvalue weighted by molar-refractivity contribution is 6.74. The van der Waals surface area contributed by atoms with Crippen molar-refractivity contribution in [3.05, 3.63) is 36.6 Å². The molecule has 0 saturated heterocycles. The van der Waals surface area contributed by atoms with Gasteiger partial charge in [-0.3, -0.25) is 0 Å². The number of rotatable bonds is 10. The second kappa shape index (κ2) is 10.1. The van der Waals surface area contributed by atoms with Crippen molar-refractivity contribution in [1.82, 2.24) is 0 Å². The van der Waals surface area contributed by atoms with Gasteiger partial charge in [-0.15, -0.1) is 13.2 Å². The van der Waals surface area contributed by atoms with E-state index in [1.54, 1.807) is 0 Å². The van der Waals surface area contributed by atoms with Crippen LogP contribution >= 0.6 is 0 Å². The molecule has 0 saturated carbocycles. The van der Waals surface area contributed by atoms with Crippen molar-refractivity contribution in [3.63, 3.8) is 0 Å². The summed E-state index contributed by atoms with van der Waals surface area (Å²) >= 11 is 0. The maximum absolute atomic E-state index is 11.4. The molecular weight excluding hydrogens is 454 g/mol. The Morgan fingerprint density at radius 2 is 1.71 bits per heavy atom. The summed E-state index contributed by atoms with van der Waals surface area (Å²) in [5.74, 6) is 0.798. The lowest BCUT2D eigenvalue weighted by Gasteiger charge is -2.52. The Labute approximate surface area is 212 Å². The zero-order valence-electron chi connectivity index (χ0n) is 24.1. The van der Waals surface area contributed by atoms with E-state index < -0.39 is 33.6 Å². The van der Waals surface area contributed by atoms with Crippen LogP contribution in [0.25, 0.3) is 0 Å². The van der Waals surface area contributed by atoms with Gasteiger partial charge in [-0.05, 0) is 75.5 Å². The summed E-state index contributed by atoms with van der Waals surface area (Å²) in [5.41, 5.74) is -1.02. The lowest BCUT2D eigenvalue weighted by molar-refractivity contribution is -0.0657. The molecule has 0 heterocycles. The molecule has 0 aromatic heterocycles. The Morgan fingerprint density at radius 1 is 1.21 bits per heavy atom. The third-order valence-corrected chi connectivity index (χ3v) is 17.7. The fourth-order valence-electron chi connectivity index (χ4n) is 4.17. The SMILES string of the molecule is C=C[C@H](O)[C@@](C#N)(CCC(=C)C)[C@]1(C)C(O[Si](C)(C)C(C)(C)C)=CC[C@H]1O[Si](C)(C)C(C)(C)C. The molecule has 194 valence electrons. The Balaban J connectivity index is 3.80. The summed E-state index contributed by atoms with van der Waals surface area (Å²) in [5, 5.41) is 22.2. The molecule has 0 fully saturated rings. The summed E-state index contributed by atoms with van der Waals surface area (Å²) in [6, 6.07) is 2.58. The van der Waals surface area contributed by atoms with E-state index >= 15 is 0 Å². The van der Waals surface area contributed by atoms with Crippen LogP contribution in [0.3, 0.4) is 0 Å². The third-order valence-electron chi connectivity index (χ3n) is 8.89. The highest BCUT2D eigenvalue weighted by Gasteiger charge is 2.63. The average molecular weight is 506 g/mol. The number of hydrogen-bond acceptors (Lipinski definition) is 4. The summed E-state index contributed by atoms with van der Waals surface area (Å²) in [6.45, 7) is 34.2. The second-order valence-corrected chi connectivity index (χ2v) is 22.9. The first-order chi connectivity index (χ1) is 15.1. The van der Waals surface area contributed by atoms with Crippen molar-refractivity contribution in [2.75, 3.05) is 0 Å². The van der Waals surface area contributed by atoms with Gasteiger partial charge in [-0.25, -0.2) is 0 Å². The van der Waals surface area contributed by atoms with Crippen LogP contribution in [-0.4, -0.2) is 33.9 Å². The molecule has 1 rings (SSSR count). The fourth-order valence-corrected chi connectivity index (χ4v) is 6.71. The van der Waals surface area contributed by atoms with Crippen molar-refractivity contribution in [3.8, 4) is 6.07 Å². The zero-order valence-corrected chi connectivity index (χ0v) is 26.1. The number of nitrogens with zero attached hydrogens (tertiary/aromatic N) is 1. The van der Waals surface area contributed by atoms with Gasteiger partial charge in [0, 0.05) is 0 Å². The van der Waals surface area contributed by atoms with Gasteiger partial charge < -0.3 is 14.0 Å². The normalized spacial score (nSPS) is 24.6. The van der Waals surface area contributed by atoms with E-state index in [1.807, 2.05) is 6.92 Å². The predicted molar refractivity (Wildman–Crippen MR) is 149 cm³/mol. The molecule has 0 aromatic carbocycles. The van der Waals surface area contributed by atoms with Crippen LogP contribution in [0.5, 0.6) is 0 Å². The largest absolute Gasteiger partial charge is 0.546 e. The molecule has 1 aliphatic carbocycles. The Kier molecular flexibility index (Phi) is 9.16. The molecule has 1 aliphatic rings. The van der Waals surface area contributed by atoms with Gasteiger partial charge >= 0.3 is 0 Å². The molecule has 6 heteroatoms. The van der Waals surface area contributed by atoms with Gasteiger partial charge in [-0.1, -0.05) is 53.2 Å². The fraction of sp³-hybridized carbons (Fsp3) is 0.750. The molecule has 0 unspecified atom stereocenters. The predicted octanol–water partition coefficient (Wildman–Crippen LogP) is 8.11. The van der Waals surface area contributed by atoms with E-state index in [1.165, 1.54) is 6.08 Å². The van der Waals surface area contributed by atoms with E-state index in [0.29, 0.717) is 19.3 Å². The summed E-state index contributed by atoms with van der Waals surface area (Å²) in [6.07, 6.45) is 4.07. The van der Waals surface area contributed by atoms with Crippen LogP contribution in [0.1, 0.15) is 74.7 Å². The molecule has 0 aliphatic heterocycles. The van der Waals surface area contributed by atoms with E-state index in [4.69, 9.17) is 8.85 Å². The molecule has 1 N–H and O–H groups in total. The quantitative estimate of drug-likeness (QED) is 0.240.